The lowest BCUT2D eigenvalue weighted by molar-refractivity contribution is 0.0944. The Bertz CT molecular complexity index is 931. The zero-order valence-corrected chi connectivity index (χ0v) is 15.8. The fraction of sp³-hybridized carbons (Fsp3) is 0.450. The lowest BCUT2D eigenvalue weighted by atomic mass is 10.0. The largest absolute Gasteiger partial charge is 0.351 e. The summed E-state index contributed by atoms with van der Waals surface area (Å²) in [6.07, 6.45) is 2.49. The number of aromatic nitrogens is 2. The highest BCUT2D eigenvalue weighted by Crippen LogP contribution is 2.19. The molecule has 1 aromatic carbocycles. The third-order valence-electron chi connectivity index (χ3n) is 5.00. The van der Waals surface area contributed by atoms with E-state index in [0.717, 1.165) is 19.6 Å². The van der Waals surface area contributed by atoms with Crippen LogP contribution in [0, 0.1) is 12.8 Å². The van der Waals surface area contributed by atoms with E-state index in [4.69, 9.17) is 0 Å². The molecule has 1 aromatic heterocycles. The molecule has 27 heavy (non-hydrogen) atoms. The third kappa shape index (κ3) is 4.74. The van der Waals surface area contributed by atoms with E-state index in [1.807, 2.05) is 0 Å². The van der Waals surface area contributed by atoms with Gasteiger partial charge in [0.15, 0.2) is 0 Å². The van der Waals surface area contributed by atoms with Crippen molar-refractivity contribution in [1.29, 1.82) is 0 Å². The quantitative estimate of drug-likeness (QED) is 0.743. The molecule has 7 nitrogen and oxygen atoms in total. The molecule has 1 aliphatic heterocycles. The monoisotopic (exact) mass is 370 g/mol. The van der Waals surface area contributed by atoms with Crippen molar-refractivity contribution in [2.45, 2.75) is 26.7 Å². The Kier molecular flexibility index (Phi) is 5.91. The molecule has 0 saturated carbocycles. The molecule has 3 N–H and O–H groups in total. The van der Waals surface area contributed by atoms with Crippen LogP contribution in [0.1, 0.15) is 35.8 Å². The Labute approximate surface area is 157 Å². The molecular weight excluding hydrogens is 344 g/mol. The first kappa shape index (κ1) is 19.1. The fourth-order valence-electron chi connectivity index (χ4n) is 3.68. The number of likely N-dealkylation sites (tertiary alicyclic amines) is 1. The highest BCUT2D eigenvalue weighted by Gasteiger charge is 2.16. The topological polar surface area (TPSA) is 98.1 Å². The number of nitrogens with zero attached hydrogens (tertiary/aromatic N) is 1. The summed E-state index contributed by atoms with van der Waals surface area (Å²) in [7, 11) is 0. The smallest absolute Gasteiger partial charge is 0.325 e. The van der Waals surface area contributed by atoms with E-state index in [1.54, 1.807) is 31.2 Å². The summed E-state index contributed by atoms with van der Waals surface area (Å²) in [5, 5.41) is 2.95. The summed E-state index contributed by atoms with van der Waals surface area (Å²) in [5.41, 5.74) is 0.925. The standard InChI is InChI=1S/C20H26N4O3/c1-13-5-4-9-24(12-13)10-8-21-18(25)16-7-3-6-15(11-16)17-14(2)22-20(27)23-19(17)26/h3,6-7,11,13H,4-5,8-10,12H2,1-2H3,(H,21,25)(H2,22,23,26,27)/t13-/m0/s1. The highest BCUT2D eigenvalue weighted by atomic mass is 16.2. The normalized spacial score (nSPS) is 17.6. The van der Waals surface area contributed by atoms with Crippen molar-refractivity contribution in [3.05, 3.63) is 56.4 Å². The number of hydrogen-bond acceptors (Lipinski definition) is 4. The number of benzene rings is 1. The Morgan fingerprint density at radius 3 is 2.85 bits per heavy atom. The van der Waals surface area contributed by atoms with Gasteiger partial charge >= 0.3 is 5.69 Å². The first-order valence-electron chi connectivity index (χ1n) is 9.38. The molecule has 1 amide bonds. The number of piperidine rings is 1. The Hall–Kier alpha value is -2.67. The summed E-state index contributed by atoms with van der Waals surface area (Å²) in [6.45, 7) is 7.53. The second-order valence-corrected chi connectivity index (χ2v) is 7.29. The van der Waals surface area contributed by atoms with Gasteiger partial charge in [-0.3, -0.25) is 14.6 Å². The van der Waals surface area contributed by atoms with Crippen LogP contribution in [-0.4, -0.2) is 47.0 Å². The van der Waals surface area contributed by atoms with Crippen LogP contribution in [0.4, 0.5) is 0 Å². The predicted octanol–water partition coefficient (Wildman–Crippen LogP) is 1.50. The molecule has 1 fully saturated rings. The number of carbonyl (C=O) groups excluding carboxylic acids is 1. The van der Waals surface area contributed by atoms with Crippen LogP contribution in [0.2, 0.25) is 0 Å². The van der Waals surface area contributed by atoms with Gasteiger partial charge in [0.2, 0.25) is 0 Å². The lowest BCUT2D eigenvalue weighted by Crippen LogP contribution is -2.40. The number of amides is 1. The summed E-state index contributed by atoms with van der Waals surface area (Å²) >= 11 is 0. The number of aryl methyl sites for hydroxylation is 1. The molecule has 7 heteroatoms. The second-order valence-electron chi connectivity index (χ2n) is 7.29. The first-order valence-corrected chi connectivity index (χ1v) is 9.38. The van der Waals surface area contributed by atoms with Crippen molar-refractivity contribution in [2.24, 2.45) is 5.92 Å². The molecule has 0 unspecified atom stereocenters. The molecule has 1 saturated heterocycles. The van der Waals surface area contributed by atoms with Crippen LogP contribution in [0.3, 0.4) is 0 Å². The molecule has 144 valence electrons. The van der Waals surface area contributed by atoms with Crippen LogP contribution in [0.25, 0.3) is 11.1 Å². The van der Waals surface area contributed by atoms with E-state index in [-0.39, 0.29) is 5.91 Å². The van der Waals surface area contributed by atoms with Gasteiger partial charge in [-0.25, -0.2) is 4.79 Å². The molecule has 0 bridgehead atoms. The van der Waals surface area contributed by atoms with Crippen LogP contribution < -0.4 is 16.6 Å². The summed E-state index contributed by atoms with van der Waals surface area (Å²) in [4.78, 5) is 43.2. The highest BCUT2D eigenvalue weighted by molar-refractivity contribution is 5.95. The van der Waals surface area contributed by atoms with Crippen LogP contribution in [-0.2, 0) is 0 Å². The zero-order valence-electron chi connectivity index (χ0n) is 15.8. The van der Waals surface area contributed by atoms with Crippen LogP contribution in [0.5, 0.6) is 0 Å². The first-order chi connectivity index (χ1) is 12.9. The minimum absolute atomic E-state index is 0.166. The average Bonchev–Trinajstić information content (AvgIpc) is 2.61. The average molecular weight is 370 g/mol. The van der Waals surface area contributed by atoms with Gasteiger partial charge in [-0.05, 0) is 49.9 Å². The SMILES string of the molecule is Cc1[nH]c(=O)[nH]c(=O)c1-c1cccc(C(=O)NCCN2CCC[C@H](C)C2)c1. The van der Waals surface area contributed by atoms with Crippen molar-refractivity contribution in [3.8, 4) is 11.1 Å². The van der Waals surface area contributed by atoms with Crippen LogP contribution in [0.15, 0.2) is 33.9 Å². The number of nitrogens with one attached hydrogen (secondary N) is 3. The Balaban J connectivity index is 1.67. The molecule has 2 aromatic rings. The maximum Gasteiger partial charge on any atom is 0.325 e. The molecule has 1 atom stereocenters. The Morgan fingerprint density at radius 1 is 1.30 bits per heavy atom. The number of aromatic amines is 2. The van der Waals surface area contributed by atoms with Gasteiger partial charge in [0.05, 0.1) is 5.56 Å². The number of H-pyrrole nitrogens is 2. The van der Waals surface area contributed by atoms with Crippen LogP contribution >= 0.6 is 0 Å². The Morgan fingerprint density at radius 2 is 2.11 bits per heavy atom. The lowest BCUT2D eigenvalue weighted by Gasteiger charge is -2.30. The molecule has 3 rings (SSSR count). The maximum atomic E-state index is 12.5. The van der Waals surface area contributed by atoms with Gasteiger partial charge in [-0.1, -0.05) is 19.1 Å². The zero-order chi connectivity index (χ0) is 19.4. The molecule has 0 radical (unpaired) electrons. The van der Waals surface area contributed by atoms with Crippen molar-refractivity contribution >= 4 is 5.91 Å². The predicted molar refractivity (Wildman–Crippen MR) is 105 cm³/mol. The number of rotatable bonds is 5. The van der Waals surface area contributed by atoms with Gasteiger partial charge in [0, 0.05) is 30.9 Å². The third-order valence-corrected chi connectivity index (χ3v) is 5.00. The van der Waals surface area contributed by atoms with E-state index in [0.29, 0.717) is 34.8 Å². The van der Waals surface area contributed by atoms with E-state index >= 15 is 0 Å². The van der Waals surface area contributed by atoms with E-state index in [1.165, 1.54) is 12.8 Å². The second kappa shape index (κ2) is 8.35. The van der Waals surface area contributed by atoms with Gasteiger partial charge in [0.25, 0.3) is 11.5 Å². The fourth-order valence-corrected chi connectivity index (χ4v) is 3.68. The van der Waals surface area contributed by atoms with Crippen molar-refractivity contribution in [1.82, 2.24) is 20.2 Å². The minimum Gasteiger partial charge on any atom is -0.351 e. The molecular formula is C20H26N4O3. The summed E-state index contributed by atoms with van der Waals surface area (Å²) < 4.78 is 0. The van der Waals surface area contributed by atoms with Gasteiger partial charge in [0.1, 0.15) is 0 Å². The van der Waals surface area contributed by atoms with Crippen molar-refractivity contribution in [3.63, 3.8) is 0 Å². The minimum atomic E-state index is -0.540. The van der Waals surface area contributed by atoms with E-state index < -0.39 is 11.2 Å². The summed E-state index contributed by atoms with van der Waals surface area (Å²) in [6, 6.07) is 6.88. The molecule has 2 heterocycles. The molecule has 0 spiro atoms. The number of carbonyl (C=O) groups is 1. The number of hydrogen-bond donors (Lipinski definition) is 3. The summed E-state index contributed by atoms with van der Waals surface area (Å²) in [5.74, 6) is 0.546. The van der Waals surface area contributed by atoms with Gasteiger partial charge in [-0.15, -0.1) is 0 Å². The van der Waals surface area contributed by atoms with Crippen molar-refractivity contribution < 1.29 is 4.79 Å². The molecule has 0 aliphatic carbocycles. The molecule has 1 aliphatic rings. The van der Waals surface area contributed by atoms with Gasteiger partial charge < -0.3 is 15.2 Å². The van der Waals surface area contributed by atoms with Crippen molar-refractivity contribution in [2.75, 3.05) is 26.2 Å². The van der Waals surface area contributed by atoms with E-state index in [2.05, 4.69) is 27.1 Å². The van der Waals surface area contributed by atoms with E-state index in [9.17, 15) is 14.4 Å². The van der Waals surface area contributed by atoms with Gasteiger partial charge in [-0.2, -0.15) is 0 Å². The maximum absolute atomic E-state index is 12.5.